The highest BCUT2D eigenvalue weighted by Crippen LogP contribution is 2.41. The highest BCUT2D eigenvalue weighted by molar-refractivity contribution is 6.23. The van der Waals surface area contributed by atoms with E-state index in [-0.39, 0.29) is 24.0 Å². The van der Waals surface area contributed by atoms with Crippen molar-refractivity contribution in [3.05, 3.63) is 59.7 Å². The summed E-state index contributed by atoms with van der Waals surface area (Å²) in [4.78, 5) is 28.6. The van der Waals surface area contributed by atoms with E-state index >= 15 is 8.78 Å². The molecule has 10 nitrogen and oxygen atoms in total. The normalized spacial score (nSPS) is 13.8. The van der Waals surface area contributed by atoms with Crippen LogP contribution in [0.25, 0.3) is 11.3 Å². The molecule has 0 fully saturated rings. The number of hydrogen-bond acceptors (Lipinski definition) is 6. The number of halogens is 2. The molecular formula is C25H25F2N7O3. The number of carbonyl (C=O) groups excluding carboxylic acids is 1. The van der Waals surface area contributed by atoms with Crippen molar-refractivity contribution in [2.24, 2.45) is 17.0 Å². The number of guanidine groups is 1. The number of hydrogen-bond donors (Lipinski definition) is 0. The van der Waals surface area contributed by atoms with Gasteiger partial charge >= 0.3 is 6.03 Å². The first-order chi connectivity index (χ1) is 17.7. The molecule has 0 unspecified atom stereocenters. The van der Waals surface area contributed by atoms with Crippen LogP contribution in [0, 0.1) is 18.6 Å². The number of pyridine rings is 1. The maximum Gasteiger partial charge on any atom is 0.336 e. The molecule has 0 atom stereocenters. The third-order valence-electron chi connectivity index (χ3n) is 5.74. The number of amides is 2. The fourth-order valence-corrected chi connectivity index (χ4v) is 4.05. The van der Waals surface area contributed by atoms with Gasteiger partial charge in [-0.15, -0.1) is 0 Å². The first-order valence-electron chi connectivity index (χ1n) is 11.1. The lowest BCUT2D eigenvalue weighted by molar-refractivity contribution is 0.252. The van der Waals surface area contributed by atoms with Crippen molar-refractivity contribution in [1.29, 1.82) is 0 Å². The number of rotatable bonds is 5. The number of fused-ring (bicyclic) bond motifs is 1. The summed E-state index contributed by atoms with van der Waals surface area (Å²) >= 11 is 0. The number of aromatic nitrogens is 3. The molecule has 2 amide bonds. The number of carbonyl (C=O) groups is 1. The summed E-state index contributed by atoms with van der Waals surface area (Å²) in [5, 5.41) is 4.35. The van der Waals surface area contributed by atoms with E-state index in [4.69, 9.17) is 9.47 Å². The molecule has 3 aromatic rings. The van der Waals surface area contributed by atoms with E-state index in [9.17, 15) is 4.79 Å². The molecule has 4 rings (SSSR count). The van der Waals surface area contributed by atoms with Crippen molar-refractivity contribution in [2.45, 2.75) is 20.4 Å². The van der Waals surface area contributed by atoms with E-state index < -0.39 is 23.4 Å². The van der Waals surface area contributed by atoms with E-state index in [0.29, 0.717) is 16.9 Å². The Labute approximate surface area is 212 Å². The molecule has 3 heterocycles. The summed E-state index contributed by atoms with van der Waals surface area (Å²) < 4.78 is 42.5. The second-order valence-electron chi connectivity index (χ2n) is 8.03. The third-order valence-corrected chi connectivity index (χ3v) is 5.74. The largest absolute Gasteiger partial charge is 0.493 e. The second kappa shape index (κ2) is 10.2. The Morgan fingerprint density at radius 1 is 1.19 bits per heavy atom. The molecule has 0 aliphatic carbocycles. The smallest absolute Gasteiger partial charge is 0.336 e. The number of aliphatic imine (C=N–C) groups is 2. The van der Waals surface area contributed by atoms with Crippen LogP contribution in [0.3, 0.4) is 0 Å². The zero-order valence-corrected chi connectivity index (χ0v) is 21.0. The molecule has 1 aliphatic heterocycles. The molecule has 12 heteroatoms. The molecule has 0 radical (unpaired) electrons. The number of aryl methyl sites for hydroxylation is 2. The van der Waals surface area contributed by atoms with Gasteiger partial charge in [-0.3, -0.25) is 14.6 Å². The average Bonchev–Trinajstić information content (AvgIpc) is 3.23. The van der Waals surface area contributed by atoms with E-state index in [0.717, 1.165) is 27.1 Å². The number of allylic oxidation sites excluding steroid dienone is 1. The summed E-state index contributed by atoms with van der Waals surface area (Å²) in [5.41, 5.74) is 2.28. The topological polar surface area (TPSA) is 97.4 Å². The van der Waals surface area contributed by atoms with E-state index in [1.165, 1.54) is 26.6 Å². The third kappa shape index (κ3) is 4.41. The average molecular weight is 510 g/mol. The maximum atomic E-state index is 15.4. The Kier molecular flexibility index (Phi) is 7.00. The van der Waals surface area contributed by atoms with Crippen molar-refractivity contribution >= 4 is 30.1 Å². The number of ether oxygens (including phenoxy) is 2. The van der Waals surface area contributed by atoms with Crippen LogP contribution in [-0.2, 0) is 13.6 Å². The van der Waals surface area contributed by atoms with Gasteiger partial charge in [0.05, 0.1) is 37.8 Å². The Morgan fingerprint density at radius 2 is 1.86 bits per heavy atom. The molecule has 1 aliphatic rings. The predicted octanol–water partition coefficient (Wildman–Crippen LogP) is 4.62. The quantitative estimate of drug-likeness (QED) is 0.369. The van der Waals surface area contributed by atoms with Crippen LogP contribution in [0.2, 0.25) is 0 Å². The zero-order valence-electron chi connectivity index (χ0n) is 21.0. The van der Waals surface area contributed by atoms with Crippen LogP contribution < -0.4 is 19.3 Å². The minimum Gasteiger partial charge on any atom is -0.493 e. The molecule has 0 bridgehead atoms. The lowest BCUT2D eigenvalue weighted by Gasteiger charge is -2.36. The lowest BCUT2D eigenvalue weighted by Crippen LogP contribution is -2.50. The lowest BCUT2D eigenvalue weighted by atomic mass is 10.1. The van der Waals surface area contributed by atoms with Gasteiger partial charge in [-0.05, 0) is 26.6 Å². The van der Waals surface area contributed by atoms with Gasteiger partial charge in [0.15, 0.2) is 23.1 Å². The molecule has 0 saturated heterocycles. The number of benzene rings is 1. The van der Waals surface area contributed by atoms with Crippen LogP contribution >= 0.6 is 0 Å². The zero-order chi connectivity index (χ0) is 26.9. The molecular weight excluding hydrogens is 484 g/mol. The van der Waals surface area contributed by atoms with Crippen molar-refractivity contribution < 1.29 is 23.0 Å². The summed E-state index contributed by atoms with van der Waals surface area (Å²) in [7, 11) is 4.25. The molecule has 1 aromatic carbocycles. The van der Waals surface area contributed by atoms with Crippen LogP contribution in [0.5, 0.6) is 11.5 Å². The first-order valence-corrected chi connectivity index (χ1v) is 11.1. The molecule has 192 valence electrons. The molecule has 0 spiro atoms. The highest BCUT2D eigenvalue weighted by Gasteiger charge is 2.39. The Bertz CT molecular complexity index is 1420. The van der Waals surface area contributed by atoms with Gasteiger partial charge in [0, 0.05) is 42.8 Å². The van der Waals surface area contributed by atoms with E-state index in [1.54, 1.807) is 37.0 Å². The molecule has 0 N–H and O–H groups in total. The Balaban J connectivity index is 1.95. The van der Waals surface area contributed by atoms with Crippen molar-refractivity contribution in [3.8, 4) is 22.8 Å². The first kappa shape index (κ1) is 25.5. The molecule has 0 saturated carbocycles. The monoisotopic (exact) mass is 509 g/mol. The van der Waals surface area contributed by atoms with Crippen molar-refractivity contribution in [3.63, 3.8) is 0 Å². The van der Waals surface area contributed by atoms with Gasteiger partial charge in [0.2, 0.25) is 5.96 Å². The number of nitrogens with zero attached hydrogens (tertiary/aromatic N) is 7. The Morgan fingerprint density at radius 3 is 2.41 bits per heavy atom. The summed E-state index contributed by atoms with van der Waals surface area (Å²) in [6, 6.07) is 1.95. The predicted molar refractivity (Wildman–Crippen MR) is 136 cm³/mol. The standard InChI is InChI=1S/C25H25F2N7O3/c1-7-8-29-24(28-3)34-18-9-17(16-13-32(4)31-14(16)2)30-11-15(18)12-33(25(34)35)23-21(26)19(36-5)10-20(37-6)22(23)27/h7-11,13H,3,12H2,1-2,4-6H3/b8-7-,29-24?. The SMILES string of the molecule is C=NC(=N/C=C\C)N1C(=O)N(c2c(F)c(OC)cc(OC)c2F)Cc2cnc(-c3cn(C)nc3C)cc21. The van der Waals surface area contributed by atoms with Gasteiger partial charge in [-0.2, -0.15) is 5.10 Å². The highest BCUT2D eigenvalue weighted by atomic mass is 19.1. The minimum atomic E-state index is -1.06. The van der Waals surface area contributed by atoms with Crippen molar-refractivity contribution in [2.75, 3.05) is 24.0 Å². The van der Waals surface area contributed by atoms with Gasteiger partial charge in [0.25, 0.3) is 0 Å². The second-order valence-corrected chi connectivity index (χ2v) is 8.03. The fraction of sp³-hybridized carbons (Fsp3) is 0.240. The van der Waals surface area contributed by atoms with Crippen LogP contribution in [0.15, 0.2) is 46.8 Å². The van der Waals surface area contributed by atoms with Crippen molar-refractivity contribution in [1.82, 2.24) is 14.8 Å². The minimum absolute atomic E-state index is 0.0928. The van der Waals surface area contributed by atoms with Crippen LogP contribution in [0.4, 0.5) is 25.0 Å². The van der Waals surface area contributed by atoms with Crippen LogP contribution in [0.1, 0.15) is 18.2 Å². The molecule has 37 heavy (non-hydrogen) atoms. The summed E-state index contributed by atoms with van der Waals surface area (Å²) in [5.74, 6) is -2.80. The van der Waals surface area contributed by atoms with Gasteiger partial charge in [-0.25, -0.2) is 28.5 Å². The van der Waals surface area contributed by atoms with Gasteiger partial charge in [0.1, 0.15) is 5.69 Å². The molecule has 2 aromatic heterocycles. The van der Waals surface area contributed by atoms with Crippen LogP contribution in [-0.4, -0.2) is 47.7 Å². The summed E-state index contributed by atoms with van der Waals surface area (Å²) in [6.45, 7) is 6.93. The number of methoxy groups -OCH3 is 2. The van der Waals surface area contributed by atoms with Gasteiger partial charge < -0.3 is 9.47 Å². The van der Waals surface area contributed by atoms with E-state index in [1.807, 2.05) is 6.92 Å². The number of anilines is 2. The fourth-order valence-electron chi connectivity index (χ4n) is 4.05. The van der Waals surface area contributed by atoms with Gasteiger partial charge in [-0.1, -0.05) is 6.08 Å². The maximum absolute atomic E-state index is 15.4. The van der Waals surface area contributed by atoms with E-state index in [2.05, 4.69) is 26.8 Å². The summed E-state index contributed by atoms with van der Waals surface area (Å²) in [6.07, 6.45) is 6.41. The number of urea groups is 1. The Hall–Kier alpha value is -4.61.